The SMILES string of the molecule is COC(=O)Cc1nc(-c2ccc(C)cc2Br)no1. The number of ether oxygens (including phenoxy) is 1. The normalized spacial score (nSPS) is 10.4. The number of aromatic nitrogens is 2. The van der Waals surface area contributed by atoms with Gasteiger partial charge in [0.2, 0.25) is 11.7 Å². The van der Waals surface area contributed by atoms with Crippen molar-refractivity contribution in [3.63, 3.8) is 0 Å². The molecule has 0 fully saturated rings. The monoisotopic (exact) mass is 310 g/mol. The summed E-state index contributed by atoms with van der Waals surface area (Å²) >= 11 is 3.44. The number of methoxy groups -OCH3 is 1. The summed E-state index contributed by atoms with van der Waals surface area (Å²) in [5.74, 6) is 0.276. The standard InChI is InChI=1S/C12H11BrN2O3/c1-7-3-4-8(9(13)5-7)12-14-10(18-15-12)6-11(16)17-2/h3-5H,6H2,1-2H3. The molecule has 0 radical (unpaired) electrons. The molecule has 1 heterocycles. The van der Waals surface area contributed by atoms with Crippen molar-refractivity contribution in [1.82, 2.24) is 10.1 Å². The largest absolute Gasteiger partial charge is 0.469 e. The van der Waals surface area contributed by atoms with E-state index in [9.17, 15) is 4.79 Å². The van der Waals surface area contributed by atoms with Gasteiger partial charge in [0, 0.05) is 10.0 Å². The second kappa shape index (κ2) is 5.30. The van der Waals surface area contributed by atoms with Crippen molar-refractivity contribution < 1.29 is 14.1 Å². The number of benzene rings is 1. The van der Waals surface area contributed by atoms with Gasteiger partial charge in [-0.15, -0.1) is 0 Å². The summed E-state index contributed by atoms with van der Waals surface area (Å²) < 4.78 is 10.4. The van der Waals surface area contributed by atoms with Crippen molar-refractivity contribution in [3.8, 4) is 11.4 Å². The molecule has 94 valence electrons. The number of hydrogen-bond donors (Lipinski definition) is 0. The molecule has 0 atom stereocenters. The lowest BCUT2D eigenvalue weighted by molar-refractivity contribution is -0.140. The Bertz CT molecular complexity index is 580. The third-order valence-corrected chi connectivity index (χ3v) is 3.01. The molecule has 6 heteroatoms. The van der Waals surface area contributed by atoms with E-state index in [1.807, 2.05) is 25.1 Å². The highest BCUT2D eigenvalue weighted by molar-refractivity contribution is 9.10. The van der Waals surface area contributed by atoms with Crippen LogP contribution in [-0.4, -0.2) is 23.2 Å². The third-order valence-electron chi connectivity index (χ3n) is 2.36. The molecule has 2 rings (SSSR count). The minimum atomic E-state index is -0.409. The van der Waals surface area contributed by atoms with E-state index in [0.29, 0.717) is 5.82 Å². The highest BCUT2D eigenvalue weighted by Gasteiger charge is 2.14. The lowest BCUT2D eigenvalue weighted by Crippen LogP contribution is -2.04. The molecule has 18 heavy (non-hydrogen) atoms. The molecule has 0 amide bonds. The Morgan fingerprint density at radius 3 is 2.94 bits per heavy atom. The zero-order chi connectivity index (χ0) is 13.1. The highest BCUT2D eigenvalue weighted by Crippen LogP contribution is 2.26. The molecule has 0 saturated heterocycles. The molecule has 2 aromatic rings. The van der Waals surface area contributed by atoms with Gasteiger partial charge in [-0.3, -0.25) is 4.79 Å². The van der Waals surface area contributed by atoms with Gasteiger partial charge >= 0.3 is 5.97 Å². The molecule has 5 nitrogen and oxygen atoms in total. The van der Waals surface area contributed by atoms with Crippen LogP contribution < -0.4 is 0 Å². The van der Waals surface area contributed by atoms with Crippen LogP contribution in [0, 0.1) is 6.92 Å². The van der Waals surface area contributed by atoms with Crippen LogP contribution in [0.1, 0.15) is 11.5 Å². The number of halogens is 1. The Balaban J connectivity index is 2.26. The lowest BCUT2D eigenvalue weighted by Gasteiger charge is -1.99. The van der Waals surface area contributed by atoms with Gasteiger partial charge in [0.25, 0.3) is 0 Å². The molecule has 0 spiro atoms. The number of hydrogen-bond acceptors (Lipinski definition) is 5. The summed E-state index contributed by atoms with van der Waals surface area (Å²) in [5.41, 5.74) is 1.95. The minimum absolute atomic E-state index is 0.0209. The van der Waals surface area contributed by atoms with Crippen LogP contribution in [0.3, 0.4) is 0 Å². The van der Waals surface area contributed by atoms with Crippen LogP contribution in [0.25, 0.3) is 11.4 Å². The van der Waals surface area contributed by atoms with Gasteiger partial charge in [-0.2, -0.15) is 4.98 Å². The van der Waals surface area contributed by atoms with Gasteiger partial charge < -0.3 is 9.26 Å². The third kappa shape index (κ3) is 2.76. The number of aryl methyl sites for hydroxylation is 1. The molecule has 1 aromatic carbocycles. The molecule has 0 unspecified atom stereocenters. The van der Waals surface area contributed by atoms with Crippen LogP contribution >= 0.6 is 15.9 Å². The second-order valence-electron chi connectivity index (χ2n) is 3.75. The number of nitrogens with zero attached hydrogens (tertiary/aromatic N) is 2. The van der Waals surface area contributed by atoms with Crippen molar-refractivity contribution in [3.05, 3.63) is 34.1 Å². The minimum Gasteiger partial charge on any atom is -0.469 e. The van der Waals surface area contributed by atoms with Gasteiger partial charge in [0.15, 0.2) is 0 Å². The van der Waals surface area contributed by atoms with Crippen molar-refractivity contribution in [1.29, 1.82) is 0 Å². The topological polar surface area (TPSA) is 65.2 Å². The van der Waals surface area contributed by atoms with E-state index in [-0.39, 0.29) is 12.3 Å². The first-order valence-corrected chi connectivity index (χ1v) is 6.05. The van der Waals surface area contributed by atoms with E-state index in [4.69, 9.17) is 4.52 Å². The molecule has 0 saturated carbocycles. The Hall–Kier alpha value is -1.69. The van der Waals surface area contributed by atoms with Crippen LogP contribution in [0.4, 0.5) is 0 Å². The number of esters is 1. The van der Waals surface area contributed by atoms with E-state index in [2.05, 4.69) is 30.8 Å². The molecule has 0 aliphatic carbocycles. The highest BCUT2D eigenvalue weighted by atomic mass is 79.9. The van der Waals surface area contributed by atoms with Gasteiger partial charge in [-0.1, -0.05) is 27.2 Å². The van der Waals surface area contributed by atoms with E-state index < -0.39 is 5.97 Å². The molecule has 0 N–H and O–H groups in total. The molecule has 1 aromatic heterocycles. The zero-order valence-electron chi connectivity index (χ0n) is 9.94. The average Bonchev–Trinajstić information content (AvgIpc) is 2.77. The van der Waals surface area contributed by atoms with E-state index >= 15 is 0 Å². The van der Waals surface area contributed by atoms with E-state index in [1.165, 1.54) is 7.11 Å². The fourth-order valence-corrected chi connectivity index (χ4v) is 2.10. The second-order valence-corrected chi connectivity index (χ2v) is 4.60. The Morgan fingerprint density at radius 1 is 1.50 bits per heavy atom. The lowest BCUT2D eigenvalue weighted by atomic mass is 10.1. The van der Waals surface area contributed by atoms with E-state index in [0.717, 1.165) is 15.6 Å². The van der Waals surface area contributed by atoms with Crippen LogP contribution in [0.5, 0.6) is 0 Å². The zero-order valence-corrected chi connectivity index (χ0v) is 11.5. The number of carbonyl (C=O) groups excluding carboxylic acids is 1. The Labute approximate surface area is 112 Å². The quantitative estimate of drug-likeness (QED) is 0.815. The van der Waals surface area contributed by atoms with Crippen LogP contribution in [0.15, 0.2) is 27.2 Å². The predicted octanol–water partition coefficient (Wildman–Crippen LogP) is 2.52. The summed E-state index contributed by atoms with van der Waals surface area (Å²) in [5, 5.41) is 3.84. The van der Waals surface area contributed by atoms with Gasteiger partial charge in [0.1, 0.15) is 6.42 Å². The predicted molar refractivity (Wildman–Crippen MR) is 67.9 cm³/mol. The van der Waals surface area contributed by atoms with Crippen molar-refractivity contribution in [2.45, 2.75) is 13.3 Å². The number of carbonyl (C=O) groups is 1. The summed E-state index contributed by atoms with van der Waals surface area (Å²) in [4.78, 5) is 15.2. The summed E-state index contributed by atoms with van der Waals surface area (Å²) in [7, 11) is 1.32. The molecule has 0 aliphatic rings. The Morgan fingerprint density at radius 2 is 2.28 bits per heavy atom. The fraction of sp³-hybridized carbons (Fsp3) is 0.250. The fourth-order valence-electron chi connectivity index (χ4n) is 1.43. The summed E-state index contributed by atoms with van der Waals surface area (Å²) in [6.07, 6.45) is -0.0209. The van der Waals surface area contributed by atoms with Crippen LogP contribution in [-0.2, 0) is 16.0 Å². The first-order valence-electron chi connectivity index (χ1n) is 5.26. The maximum Gasteiger partial charge on any atom is 0.315 e. The maximum atomic E-state index is 11.1. The molecule has 0 bridgehead atoms. The number of rotatable bonds is 3. The van der Waals surface area contributed by atoms with Crippen molar-refractivity contribution >= 4 is 21.9 Å². The first-order chi connectivity index (χ1) is 8.60. The van der Waals surface area contributed by atoms with Crippen molar-refractivity contribution in [2.75, 3.05) is 7.11 Å². The van der Waals surface area contributed by atoms with Gasteiger partial charge in [-0.05, 0) is 24.6 Å². The smallest absolute Gasteiger partial charge is 0.315 e. The van der Waals surface area contributed by atoms with Crippen molar-refractivity contribution in [2.24, 2.45) is 0 Å². The van der Waals surface area contributed by atoms with Gasteiger partial charge in [-0.25, -0.2) is 0 Å². The first kappa shape index (κ1) is 12.8. The van der Waals surface area contributed by atoms with Gasteiger partial charge in [0.05, 0.1) is 7.11 Å². The summed E-state index contributed by atoms with van der Waals surface area (Å²) in [6, 6.07) is 5.81. The molecular weight excluding hydrogens is 300 g/mol. The molecule has 0 aliphatic heterocycles. The average molecular weight is 311 g/mol. The van der Waals surface area contributed by atoms with E-state index in [1.54, 1.807) is 0 Å². The molecular formula is C12H11BrN2O3. The maximum absolute atomic E-state index is 11.1. The summed E-state index contributed by atoms with van der Waals surface area (Å²) in [6.45, 7) is 1.99. The van der Waals surface area contributed by atoms with Crippen LogP contribution in [0.2, 0.25) is 0 Å². The Kier molecular flexibility index (Phi) is 3.76.